The molecule has 0 atom stereocenters. The Hall–Kier alpha value is -7.88. The van der Waals surface area contributed by atoms with Gasteiger partial charge in [-0.3, -0.25) is 0 Å². The van der Waals surface area contributed by atoms with Gasteiger partial charge in [-0.2, -0.15) is 0 Å². The quantitative estimate of drug-likeness (QED) is 0.148. The monoisotopic (exact) mass is 847 g/mol. The average Bonchev–Trinajstić information content (AvgIpc) is 3.99. The lowest BCUT2D eigenvalue weighted by Crippen LogP contribution is -2.36. The summed E-state index contributed by atoms with van der Waals surface area (Å²) in [5, 5.41) is 5.01. The second kappa shape index (κ2) is 15.7. The number of para-hydroxylation sites is 3. The molecule has 0 saturated heterocycles. The van der Waals surface area contributed by atoms with Gasteiger partial charge >= 0.3 is 0 Å². The van der Waals surface area contributed by atoms with Crippen LogP contribution in [0.4, 0.5) is 39.8 Å². The molecule has 0 bridgehead atoms. The highest BCUT2D eigenvalue weighted by atomic mass is 15.3. The molecule has 316 valence electrons. The SMILES string of the molecule is c1ccc(-c2ccc(N(c3ccc4ccc5ccccc5c4c3)c3cc4c(cc3-c3cccc5c3N(c3ccccc3)CCN5c3ccccc3)-c3ccccc3C43CCCC3)cc2)cc1. The first kappa shape index (κ1) is 38.6. The van der Waals surface area contributed by atoms with E-state index in [1.54, 1.807) is 0 Å². The normalized spacial score (nSPS) is 14.7. The molecule has 10 aromatic carbocycles. The fourth-order valence-electron chi connectivity index (χ4n) is 11.8. The van der Waals surface area contributed by atoms with Crippen LogP contribution in [0.1, 0.15) is 36.8 Å². The summed E-state index contributed by atoms with van der Waals surface area (Å²) in [7, 11) is 0. The highest BCUT2D eigenvalue weighted by Crippen LogP contribution is 2.60. The third-order valence-corrected chi connectivity index (χ3v) is 14.9. The Labute approximate surface area is 387 Å². The first-order chi connectivity index (χ1) is 32.7. The Kier molecular flexibility index (Phi) is 9.16. The highest BCUT2D eigenvalue weighted by Gasteiger charge is 2.46. The van der Waals surface area contributed by atoms with Crippen molar-refractivity contribution in [2.24, 2.45) is 0 Å². The van der Waals surface area contributed by atoms with Gasteiger partial charge in [0.15, 0.2) is 0 Å². The Morgan fingerprint density at radius 2 is 0.970 bits per heavy atom. The summed E-state index contributed by atoms with van der Waals surface area (Å²) in [6, 6.07) is 83.9. The van der Waals surface area contributed by atoms with Crippen molar-refractivity contribution < 1.29 is 0 Å². The van der Waals surface area contributed by atoms with Gasteiger partial charge in [-0.1, -0.05) is 171 Å². The molecule has 1 aliphatic heterocycles. The summed E-state index contributed by atoms with van der Waals surface area (Å²) in [4.78, 5) is 7.65. The van der Waals surface area contributed by atoms with Gasteiger partial charge in [-0.15, -0.1) is 0 Å². The lowest BCUT2D eigenvalue weighted by molar-refractivity contribution is 0.550. The van der Waals surface area contributed by atoms with Crippen LogP contribution < -0.4 is 14.7 Å². The van der Waals surface area contributed by atoms with E-state index in [2.05, 4.69) is 239 Å². The maximum Gasteiger partial charge on any atom is 0.0733 e. The van der Waals surface area contributed by atoms with Crippen molar-refractivity contribution in [2.75, 3.05) is 27.8 Å². The molecule has 1 saturated carbocycles. The molecule has 66 heavy (non-hydrogen) atoms. The molecule has 0 aromatic heterocycles. The van der Waals surface area contributed by atoms with Gasteiger partial charge in [0.1, 0.15) is 0 Å². The standard InChI is InChI=1S/C63H49N3/c1-4-17-44(18-5-1)45-31-34-50(35-32-45)66(51-36-33-47-30-29-46-19-10-11-24-52(46)55(47)41-51)61-43-59-56(53-25-12-13-27-58(53)63(59)37-14-15-38-63)42-57(61)54-26-16-28-60-62(54)65(49-22-8-3-9-23-49)40-39-64(60)48-20-6-2-7-21-48/h1-13,16-36,41-43H,14-15,37-40H2. The van der Waals surface area contributed by atoms with E-state index in [1.807, 2.05) is 0 Å². The first-order valence-electron chi connectivity index (χ1n) is 23.7. The van der Waals surface area contributed by atoms with Crippen LogP contribution in [0, 0.1) is 0 Å². The Morgan fingerprint density at radius 3 is 1.74 bits per heavy atom. The van der Waals surface area contributed by atoms with Gasteiger partial charge in [0.05, 0.1) is 17.1 Å². The highest BCUT2D eigenvalue weighted by molar-refractivity contribution is 6.10. The molecular weight excluding hydrogens is 799 g/mol. The van der Waals surface area contributed by atoms with Crippen LogP contribution in [0.3, 0.4) is 0 Å². The summed E-state index contributed by atoms with van der Waals surface area (Å²) in [5.74, 6) is 0. The van der Waals surface area contributed by atoms with Gasteiger partial charge < -0.3 is 14.7 Å². The van der Waals surface area contributed by atoms with E-state index in [-0.39, 0.29) is 5.41 Å². The average molecular weight is 848 g/mol. The van der Waals surface area contributed by atoms with E-state index in [4.69, 9.17) is 0 Å². The molecule has 2 aliphatic carbocycles. The minimum Gasteiger partial charge on any atom is -0.338 e. The Morgan fingerprint density at radius 1 is 0.379 bits per heavy atom. The van der Waals surface area contributed by atoms with E-state index in [9.17, 15) is 0 Å². The maximum absolute atomic E-state index is 2.62. The number of rotatable bonds is 7. The zero-order chi connectivity index (χ0) is 43.6. The van der Waals surface area contributed by atoms with Gasteiger partial charge in [0.25, 0.3) is 0 Å². The van der Waals surface area contributed by atoms with E-state index in [0.717, 1.165) is 37.3 Å². The van der Waals surface area contributed by atoms with Crippen LogP contribution in [-0.2, 0) is 5.41 Å². The number of hydrogen-bond donors (Lipinski definition) is 0. The van der Waals surface area contributed by atoms with Gasteiger partial charge in [0, 0.05) is 52.4 Å². The van der Waals surface area contributed by atoms with Crippen molar-refractivity contribution in [1.29, 1.82) is 0 Å². The molecule has 13 rings (SSSR count). The smallest absolute Gasteiger partial charge is 0.0733 e. The van der Waals surface area contributed by atoms with E-state index >= 15 is 0 Å². The molecule has 10 aromatic rings. The van der Waals surface area contributed by atoms with Crippen LogP contribution in [0.2, 0.25) is 0 Å². The Bertz CT molecular complexity index is 3430. The second-order valence-corrected chi connectivity index (χ2v) is 18.3. The van der Waals surface area contributed by atoms with Gasteiger partial charge in [-0.25, -0.2) is 0 Å². The van der Waals surface area contributed by atoms with Crippen LogP contribution in [-0.4, -0.2) is 13.1 Å². The number of fused-ring (bicyclic) bond motifs is 9. The van der Waals surface area contributed by atoms with E-state index in [0.29, 0.717) is 0 Å². The van der Waals surface area contributed by atoms with E-state index < -0.39 is 0 Å². The van der Waals surface area contributed by atoms with Crippen LogP contribution in [0.25, 0.3) is 54.9 Å². The number of anilines is 7. The minimum atomic E-state index is -0.0159. The van der Waals surface area contributed by atoms with Crippen LogP contribution in [0.5, 0.6) is 0 Å². The molecule has 0 amide bonds. The molecule has 1 heterocycles. The topological polar surface area (TPSA) is 9.72 Å². The number of hydrogen-bond acceptors (Lipinski definition) is 3. The molecule has 0 unspecified atom stereocenters. The van der Waals surface area contributed by atoms with Crippen molar-refractivity contribution in [3.05, 3.63) is 236 Å². The largest absolute Gasteiger partial charge is 0.338 e. The van der Waals surface area contributed by atoms with E-state index in [1.165, 1.54) is 107 Å². The Balaban J connectivity index is 1.12. The number of benzene rings is 10. The summed E-state index contributed by atoms with van der Waals surface area (Å²) < 4.78 is 0. The minimum absolute atomic E-state index is 0.0159. The van der Waals surface area contributed by atoms with Crippen LogP contribution >= 0.6 is 0 Å². The predicted molar refractivity (Wildman–Crippen MR) is 279 cm³/mol. The third kappa shape index (κ3) is 6.18. The third-order valence-electron chi connectivity index (χ3n) is 14.9. The predicted octanol–water partition coefficient (Wildman–Crippen LogP) is 16.9. The zero-order valence-corrected chi connectivity index (χ0v) is 36.9. The lowest BCUT2D eigenvalue weighted by atomic mass is 9.76. The van der Waals surface area contributed by atoms with Crippen molar-refractivity contribution in [3.63, 3.8) is 0 Å². The van der Waals surface area contributed by atoms with Gasteiger partial charge in [0.2, 0.25) is 0 Å². The van der Waals surface area contributed by atoms with Gasteiger partial charge in [-0.05, 0) is 134 Å². The molecule has 3 heteroatoms. The summed E-state index contributed by atoms with van der Waals surface area (Å²) >= 11 is 0. The fraction of sp³-hybridized carbons (Fsp3) is 0.111. The fourth-order valence-corrected chi connectivity index (χ4v) is 11.8. The zero-order valence-electron chi connectivity index (χ0n) is 36.9. The molecule has 0 N–H and O–H groups in total. The summed E-state index contributed by atoms with van der Waals surface area (Å²) in [5.41, 5.74) is 18.9. The molecule has 3 aliphatic rings. The van der Waals surface area contributed by atoms with Crippen molar-refractivity contribution in [1.82, 2.24) is 0 Å². The summed E-state index contributed by atoms with van der Waals surface area (Å²) in [6.45, 7) is 1.71. The number of nitrogens with zero attached hydrogens (tertiary/aromatic N) is 3. The molecule has 1 fully saturated rings. The molecule has 3 nitrogen and oxygen atoms in total. The second-order valence-electron chi connectivity index (χ2n) is 18.3. The van der Waals surface area contributed by atoms with Crippen molar-refractivity contribution in [3.8, 4) is 33.4 Å². The molecule has 0 radical (unpaired) electrons. The van der Waals surface area contributed by atoms with Crippen molar-refractivity contribution in [2.45, 2.75) is 31.1 Å². The molecule has 1 spiro atoms. The lowest BCUT2D eigenvalue weighted by Gasteiger charge is -2.41. The molecular formula is C63H49N3. The maximum atomic E-state index is 2.62. The summed E-state index contributed by atoms with van der Waals surface area (Å²) in [6.07, 6.45) is 4.80. The first-order valence-corrected chi connectivity index (χ1v) is 23.7. The van der Waals surface area contributed by atoms with Crippen LogP contribution in [0.15, 0.2) is 224 Å². The van der Waals surface area contributed by atoms with Crippen molar-refractivity contribution >= 4 is 61.4 Å².